The zero-order valence-corrected chi connectivity index (χ0v) is 17.8. The van der Waals surface area contributed by atoms with Gasteiger partial charge in [-0.25, -0.2) is 8.42 Å². The predicted molar refractivity (Wildman–Crippen MR) is 107 cm³/mol. The first kappa shape index (κ1) is 19.4. The van der Waals surface area contributed by atoms with Crippen LogP contribution in [-0.2, 0) is 33.1 Å². The van der Waals surface area contributed by atoms with Gasteiger partial charge in [-0.1, -0.05) is 11.6 Å². The van der Waals surface area contributed by atoms with Crippen LogP contribution in [-0.4, -0.2) is 42.9 Å². The Bertz CT molecular complexity index is 940. The van der Waals surface area contributed by atoms with E-state index < -0.39 is 9.84 Å². The van der Waals surface area contributed by atoms with Crippen LogP contribution in [0.2, 0.25) is 4.34 Å². The summed E-state index contributed by atoms with van der Waals surface area (Å²) in [6.07, 6.45) is 7.66. The van der Waals surface area contributed by atoms with Crippen molar-refractivity contribution in [3.05, 3.63) is 38.8 Å². The summed E-state index contributed by atoms with van der Waals surface area (Å²) in [5.41, 5.74) is 2.07. The van der Waals surface area contributed by atoms with Crippen LogP contribution in [0.4, 0.5) is 0 Å². The summed E-state index contributed by atoms with van der Waals surface area (Å²) in [6.45, 7) is 3.26. The number of nitrogens with zero attached hydrogens (tertiary/aromatic N) is 2. The molecule has 2 aromatic rings. The number of nitrogens with one attached hydrogen (secondary N) is 1. The number of sulfone groups is 1. The van der Waals surface area contributed by atoms with E-state index in [1.807, 2.05) is 12.4 Å². The number of halogens is 1. The highest BCUT2D eigenvalue weighted by atomic mass is 35.5. The average Bonchev–Trinajstić information content (AvgIpc) is 3.19. The van der Waals surface area contributed by atoms with Gasteiger partial charge in [0.2, 0.25) is 0 Å². The number of aromatic nitrogens is 2. The first-order chi connectivity index (χ1) is 12.7. The Morgan fingerprint density at radius 1 is 1.48 bits per heavy atom. The number of rotatable bonds is 4. The highest BCUT2D eigenvalue weighted by Gasteiger charge is 2.46. The van der Waals surface area contributed by atoms with Crippen LogP contribution >= 0.6 is 22.9 Å². The van der Waals surface area contributed by atoms with Gasteiger partial charge in [0, 0.05) is 41.4 Å². The van der Waals surface area contributed by atoms with Crippen LogP contribution in [0.5, 0.6) is 0 Å². The summed E-state index contributed by atoms with van der Waals surface area (Å²) in [7, 11) is -3.01. The maximum atomic E-state index is 11.4. The van der Waals surface area contributed by atoms with E-state index >= 15 is 0 Å². The molecule has 1 saturated heterocycles. The fourth-order valence-electron chi connectivity index (χ4n) is 4.22. The van der Waals surface area contributed by atoms with E-state index in [0.717, 1.165) is 29.2 Å². The van der Waals surface area contributed by atoms with E-state index in [9.17, 15) is 8.42 Å². The van der Waals surface area contributed by atoms with Gasteiger partial charge in [-0.05, 0) is 31.4 Å². The molecule has 0 amide bonds. The molecule has 1 spiro atoms. The summed E-state index contributed by atoms with van der Waals surface area (Å²) in [6, 6.07) is 2.47. The Hall–Kier alpha value is -0.930. The van der Waals surface area contributed by atoms with Gasteiger partial charge in [0.05, 0.1) is 29.4 Å². The summed E-state index contributed by atoms with van der Waals surface area (Å²) in [4.78, 5) is 1.27. The van der Waals surface area contributed by atoms with Crippen molar-refractivity contribution >= 4 is 32.8 Å². The second-order valence-corrected chi connectivity index (χ2v) is 11.6. The van der Waals surface area contributed by atoms with Gasteiger partial charge in [0.1, 0.15) is 15.4 Å². The van der Waals surface area contributed by atoms with E-state index in [4.69, 9.17) is 16.3 Å². The molecule has 4 rings (SSSR count). The van der Waals surface area contributed by atoms with Gasteiger partial charge in [-0.15, -0.1) is 11.3 Å². The SMILES string of the molecule is C[C@H]1C[C@@]2(C[C@@H](c3cnn(CCS(C)(=O)=O)c3)N1)OCCc1cc(Cl)sc12. The summed E-state index contributed by atoms with van der Waals surface area (Å²) >= 11 is 7.94. The molecule has 6 nitrogen and oxygen atoms in total. The van der Waals surface area contributed by atoms with E-state index in [0.29, 0.717) is 13.2 Å². The molecule has 9 heteroatoms. The highest BCUT2D eigenvalue weighted by Crippen LogP contribution is 2.49. The van der Waals surface area contributed by atoms with E-state index in [1.165, 1.54) is 16.7 Å². The second kappa shape index (κ2) is 7.15. The van der Waals surface area contributed by atoms with Crippen molar-refractivity contribution in [2.45, 2.75) is 50.4 Å². The van der Waals surface area contributed by atoms with E-state index in [-0.39, 0.29) is 23.4 Å². The zero-order chi connectivity index (χ0) is 19.2. The molecule has 2 aromatic heterocycles. The van der Waals surface area contributed by atoms with Gasteiger partial charge in [0.15, 0.2) is 0 Å². The molecule has 148 valence electrons. The standard InChI is InChI=1S/C18H24ClN3O3S2/c1-12-8-18(17-13(3-5-25-18)7-16(19)26-17)9-15(21-12)14-10-20-22(11-14)4-6-27(2,23)24/h7,10-12,15,21H,3-6,8-9H2,1-2H3/t12-,15-,18-/m0/s1. The maximum absolute atomic E-state index is 11.4. The first-order valence-corrected chi connectivity index (χ1v) is 12.4. The molecule has 0 aromatic carbocycles. The van der Waals surface area contributed by atoms with Gasteiger partial charge in [-0.2, -0.15) is 5.10 Å². The number of thiophene rings is 1. The molecule has 4 heterocycles. The molecule has 3 atom stereocenters. The number of ether oxygens (including phenoxy) is 1. The molecule has 0 saturated carbocycles. The van der Waals surface area contributed by atoms with Crippen LogP contribution in [0, 0.1) is 0 Å². The highest BCUT2D eigenvalue weighted by molar-refractivity contribution is 7.90. The quantitative estimate of drug-likeness (QED) is 0.808. The van der Waals surface area contributed by atoms with E-state index in [2.05, 4.69) is 23.4 Å². The molecular formula is C18H24ClN3O3S2. The predicted octanol–water partition coefficient (Wildman–Crippen LogP) is 2.92. The second-order valence-electron chi connectivity index (χ2n) is 7.69. The third-order valence-electron chi connectivity index (χ3n) is 5.34. The Morgan fingerprint density at radius 3 is 3.07 bits per heavy atom. The number of aryl methyl sites for hydroxylation is 1. The molecule has 2 aliphatic rings. The lowest BCUT2D eigenvalue weighted by molar-refractivity contribution is -0.0954. The topological polar surface area (TPSA) is 73.2 Å². The minimum atomic E-state index is -3.01. The number of hydrogen-bond donors (Lipinski definition) is 1. The van der Waals surface area contributed by atoms with Gasteiger partial charge < -0.3 is 10.1 Å². The van der Waals surface area contributed by atoms with Crippen molar-refractivity contribution in [2.75, 3.05) is 18.6 Å². The van der Waals surface area contributed by atoms with Gasteiger partial charge >= 0.3 is 0 Å². The molecule has 0 aliphatic carbocycles. The first-order valence-electron chi connectivity index (χ1n) is 9.13. The van der Waals surface area contributed by atoms with Crippen molar-refractivity contribution < 1.29 is 13.2 Å². The zero-order valence-electron chi connectivity index (χ0n) is 15.4. The van der Waals surface area contributed by atoms with Crippen LogP contribution in [0.15, 0.2) is 18.5 Å². The lowest BCUT2D eigenvalue weighted by atomic mass is 9.78. The Balaban J connectivity index is 1.58. The lowest BCUT2D eigenvalue weighted by Crippen LogP contribution is -2.49. The van der Waals surface area contributed by atoms with Crippen LogP contribution in [0.1, 0.15) is 41.8 Å². The van der Waals surface area contributed by atoms with Crippen molar-refractivity contribution in [3.8, 4) is 0 Å². The average molecular weight is 430 g/mol. The normalized spacial score (nSPS) is 28.4. The number of fused-ring (bicyclic) bond motifs is 2. The smallest absolute Gasteiger partial charge is 0.149 e. The molecule has 1 N–H and O–H groups in total. The van der Waals surface area contributed by atoms with Crippen LogP contribution in [0.3, 0.4) is 0 Å². The molecule has 2 aliphatic heterocycles. The third kappa shape index (κ3) is 4.10. The fraction of sp³-hybridized carbons (Fsp3) is 0.611. The monoisotopic (exact) mass is 429 g/mol. The van der Waals surface area contributed by atoms with E-state index in [1.54, 1.807) is 16.0 Å². The molecule has 1 fully saturated rings. The van der Waals surface area contributed by atoms with Gasteiger partial charge in [-0.3, -0.25) is 4.68 Å². The lowest BCUT2D eigenvalue weighted by Gasteiger charge is -2.46. The Labute approximate surface area is 168 Å². The van der Waals surface area contributed by atoms with Crippen molar-refractivity contribution in [2.24, 2.45) is 0 Å². The molecular weight excluding hydrogens is 406 g/mol. The Morgan fingerprint density at radius 2 is 2.30 bits per heavy atom. The van der Waals surface area contributed by atoms with Crippen molar-refractivity contribution in [3.63, 3.8) is 0 Å². The number of hydrogen-bond acceptors (Lipinski definition) is 6. The van der Waals surface area contributed by atoms with Crippen molar-refractivity contribution in [1.29, 1.82) is 0 Å². The maximum Gasteiger partial charge on any atom is 0.149 e. The molecule has 0 unspecified atom stereocenters. The summed E-state index contributed by atoms with van der Waals surface area (Å²) in [5.74, 6) is 0.0900. The van der Waals surface area contributed by atoms with Crippen LogP contribution in [0.25, 0.3) is 0 Å². The largest absolute Gasteiger partial charge is 0.369 e. The van der Waals surface area contributed by atoms with Crippen molar-refractivity contribution in [1.82, 2.24) is 15.1 Å². The third-order valence-corrected chi connectivity index (χ3v) is 7.76. The van der Waals surface area contributed by atoms with Gasteiger partial charge in [0.25, 0.3) is 0 Å². The minimum Gasteiger partial charge on any atom is -0.369 e. The Kier molecular flexibility index (Phi) is 5.13. The fourth-order valence-corrected chi connectivity index (χ4v) is 6.20. The summed E-state index contributed by atoms with van der Waals surface area (Å²) < 4.78 is 31.7. The molecule has 0 bridgehead atoms. The number of piperidine rings is 1. The molecule has 0 radical (unpaired) electrons. The minimum absolute atomic E-state index is 0.0900. The van der Waals surface area contributed by atoms with Crippen LogP contribution < -0.4 is 5.32 Å². The summed E-state index contributed by atoms with van der Waals surface area (Å²) in [5, 5.41) is 8.00. The molecule has 27 heavy (non-hydrogen) atoms.